The lowest BCUT2D eigenvalue weighted by atomic mass is 10.4. The first-order valence-electron chi connectivity index (χ1n) is 4.02. The summed E-state index contributed by atoms with van der Waals surface area (Å²) in [5, 5.41) is 6.62. The zero-order chi connectivity index (χ0) is 8.81. The Hall–Kier alpha value is -1.32. The molecule has 1 heterocycles. The van der Waals surface area contributed by atoms with Gasteiger partial charge in [0.1, 0.15) is 0 Å². The number of allylic oxidation sites excluding steroid dienone is 1. The first-order chi connectivity index (χ1) is 5.83. The van der Waals surface area contributed by atoms with Gasteiger partial charge in [-0.05, 0) is 13.3 Å². The molecule has 0 saturated carbocycles. The number of nitrogens with zero attached hydrogens (tertiary/aromatic N) is 2. The number of aromatic nitrogens is 2. The number of hydrogen-bond donors (Lipinski definition) is 1. The minimum atomic E-state index is 0.480. The summed E-state index contributed by atoms with van der Waals surface area (Å²) in [7, 11) is 0. The van der Waals surface area contributed by atoms with Crippen molar-refractivity contribution in [3.8, 4) is 0 Å². The van der Waals surface area contributed by atoms with Gasteiger partial charge >= 0.3 is 6.01 Å². The molecular formula is C8H13N3O. The van der Waals surface area contributed by atoms with Gasteiger partial charge in [-0.1, -0.05) is 24.2 Å². The number of rotatable bonds is 4. The monoisotopic (exact) mass is 167 g/mol. The summed E-state index contributed by atoms with van der Waals surface area (Å²) < 4.78 is 4.84. The Morgan fingerprint density at radius 1 is 1.50 bits per heavy atom. The van der Waals surface area contributed by atoms with Crippen LogP contribution in [0.25, 0.3) is 0 Å². The van der Waals surface area contributed by atoms with Crippen LogP contribution in [0.4, 0.5) is 6.01 Å². The van der Waals surface area contributed by atoms with Gasteiger partial charge in [-0.25, -0.2) is 0 Å². The quantitative estimate of drug-likeness (QED) is 0.694. The van der Waals surface area contributed by atoms with Crippen molar-refractivity contribution in [3.05, 3.63) is 18.0 Å². The highest BCUT2D eigenvalue weighted by Crippen LogP contribution is 2.00. The molecule has 66 valence electrons. The van der Waals surface area contributed by atoms with Crippen LogP contribution in [0.15, 0.2) is 16.7 Å². The molecule has 0 unspecified atom stereocenters. The summed E-state index contributed by atoms with van der Waals surface area (Å²) in [6.45, 7) is 4.61. The second-order valence-corrected chi connectivity index (χ2v) is 2.41. The Balaban J connectivity index is 2.28. The van der Waals surface area contributed by atoms with Crippen LogP contribution >= 0.6 is 0 Å². The van der Waals surface area contributed by atoms with E-state index in [2.05, 4.69) is 28.5 Å². The maximum Gasteiger partial charge on any atom is 0.321 e. The number of nitrogens with one attached hydrogen (secondary N) is 1. The largest absolute Gasteiger partial charge is 0.334 e. The molecule has 4 heteroatoms. The van der Waals surface area contributed by atoms with Gasteiger partial charge in [0, 0.05) is 6.54 Å². The van der Waals surface area contributed by atoms with Gasteiger partial charge in [-0.15, -0.1) is 0 Å². The smallest absolute Gasteiger partial charge is 0.321 e. The molecule has 0 spiro atoms. The van der Waals surface area contributed by atoms with Gasteiger partial charge in [0.15, 0.2) is 5.82 Å². The minimum absolute atomic E-state index is 0.480. The van der Waals surface area contributed by atoms with E-state index in [1.54, 1.807) is 6.92 Å². The van der Waals surface area contributed by atoms with Gasteiger partial charge < -0.3 is 9.84 Å². The molecular weight excluding hydrogens is 154 g/mol. The van der Waals surface area contributed by atoms with Crippen LogP contribution in [0, 0.1) is 6.92 Å². The molecule has 1 aromatic rings. The Bertz CT molecular complexity index is 255. The van der Waals surface area contributed by atoms with Crippen LogP contribution in [0.1, 0.15) is 19.2 Å². The maximum absolute atomic E-state index is 4.84. The molecule has 0 aliphatic carbocycles. The van der Waals surface area contributed by atoms with E-state index in [-0.39, 0.29) is 0 Å². The second-order valence-electron chi connectivity index (χ2n) is 2.41. The molecule has 0 aliphatic rings. The molecule has 1 N–H and O–H groups in total. The van der Waals surface area contributed by atoms with Crippen LogP contribution < -0.4 is 5.32 Å². The average molecular weight is 167 g/mol. The summed E-state index contributed by atoms with van der Waals surface area (Å²) in [5.41, 5.74) is 0. The SMILES string of the molecule is CC/C=C/CNc1nc(C)no1. The topological polar surface area (TPSA) is 51.0 Å². The molecule has 0 amide bonds. The predicted molar refractivity (Wildman–Crippen MR) is 47.0 cm³/mol. The summed E-state index contributed by atoms with van der Waals surface area (Å²) in [6, 6.07) is 0.480. The fourth-order valence-electron chi connectivity index (χ4n) is 0.765. The Kier molecular flexibility index (Phi) is 3.32. The zero-order valence-corrected chi connectivity index (χ0v) is 7.37. The highest BCUT2D eigenvalue weighted by molar-refractivity contribution is 5.19. The van der Waals surface area contributed by atoms with E-state index in [1.165, 1.54) is 0 Å². The van der Waals surface area contributed by atoms with Crippen LogP contribution in [0.5, 0.6) is 0 Å². The molecule has 0 aliphatic heterocycles. The molecule has 0 atom stereocenters. The van der Waals surface area contributed by atoms with Gasteiger partial charge in [-0.3, -0.25) is 0 Å². The van der Waals surface area contributed by atoms with E-state index in [0.717, 1.165) is 13.0 Å². The van der Waals surface area contributed by atoms with E-state index >= 15 is 0 Å². The summed E-state index contributed by atoms with van der Waals surface area (Å²) in [6.07, 6.45) is 5.15. The number of anilines is 1. The normalized spacial score (nSPS) is 10.8. The Morgan fingerprint density at radius 2 is 2.33 bits per heavy atom. The number of aryl methyl sites for hydroxylation is 1. The first kappa shape index (κ1) is 8.77. The zero-order valence-electron chi connectivity index (χ0n) is 7.37. The van der Waals surface area contributed by atoms with E-state index in [4.69, 9.17) is 4.52 Å². The highest BCUT2D eigenvalue weighted by atomic mass is 16.5. The van der Waals surface area contributed by atoms with E-state index in [9.17, 15) is 0 Å². The standard InChI is InChI=1S/C8H13N3O/c1-3-4-5-6-9-8-10-7(2)11-12-8/h4-5H,3,6H2,1-2H3,(H,9,10,11)/b5-4+. The van der Waals surface area contributed by atoms with Gasteiger partial charge in [0.25, 0.3) is 0 Å². The molecule has 0 radical (unpaired) electrons. The van der Waals surface area contributed by atoms with Crippen molar-refractivity contribution >= 4 is 6.01 Å². The number of hydrogen-bond acceptors (Lipinski definition) is 4. The van der Waals surface area contributed by atoms with E-state index < -0.39 is 0 Å². The maximum atomic E-state index is 4.84. The van der Waals surface area contributed by atoms with Crippen LogP contribution in [-0.2, 0) is 0 Å². The lowest BCUT2D eigenvalue weighted by Crippen LogP contribution is -1.97. The Labute approximate surface area is 71.7 Å². The van der Waals surface area contributed by atoms with Crippen molar-refractivity contribution < 1.29 is 4.52 Å². The fourth-order valence-corrected chi connectivity index (χ4v) is 0.765. The second kappa shape index (κ2) is 4.54. The molecule has 12 heavy (non-hydrogen) atoms. The third kappa shape index (κ3) is 2.74. The summed E-state index contributed by atoms with van der Waals surface area (Å²) >= 11 is 0. The molecule has 0 bridgehead atoms. The van der Waals surface area contributed by atoms with E-state index in [0.29, 0.717) is 11.8 Å². The highest BCUT2D eigenvalue weighted by Gasteiger charge is 1.97. The van der Waals surface area contributed by atoms with Gasteiger partial charge in [0.05, 0.1) is 0 Å². The van der Waals surface area contributed by atoms with Crippen molar-refractivity contribution in [1.82, 2.24) is 10.1 Å². The van der Waals surface area contributed by atoms with Crippen molar-refractivity contribution in [2.24, 2.45) is 0 Å². The molecule has 0 fully saturated rings. The lowest BCUT2D eigenvalue weighted by molar-refractivity contribution is 0.426. The molecule has 4 nitrogen and oxygen atoms in total. The van der Waals surface area contributed by atoms with Crippen LogP contribution in [0.3, 0.4) is 0 Å². The van der Waals surface area contributed by atoms with Crippen molar-refractivity contribution in [3.63, 3.8) is 0 Å². The molecule has 1 aromatic heterocycles. The van der Waals surface area contributed by atoms with Crippen molar-refractivity contribution in [2.45, 2.75) is 20.3 Å². The minimum Gasteiger partial charge on any atom is -0.334 e. The molecule has 1 rings (SSSR count). The third-order valence-electron chi connectivity index (χ3n) is 1.30. The lowest BCUT2D eigenvalue weighted by Gasteiger charge is -1.92. The predicted octanol–water partition coefficient (Wildman–Crippen LogP) is 1.76. The first-order valence-corrected chi connectivity index (χ1v) is 4.02. The van der Waals surface area contributed by atoms with Crippen LogP contribution in [0.2, 0.25) is 0 Å². The van der Waals surface area contributed by atoms with Gasteiger partial charge in [0.2, 0.25) is 0 Å². The van der Waals surface area contributed by atoms with Crippen molar-refractivity contribution in [1.29, 1.82) is 0 Å². The molecule has 0 aromatic carbocycles. The van der Waals surface area contributed by atoms with E-state index in [1.807, 2.05) is 6.08 Å². The molecule has 0 saturated heterocycles. The Morgan fingerprint density at radius 3 is 2.92 bits per heavy atom. The third-order valence-corrected chi connectivity index (χ3v) is 1.30. The summed E-state index contributed by atoms with van der Waals surface area (Å²) in [4.78, 5) is 3.99. The van der Waals surface area contributed by atoms with Crippen LogP contribution in [-0.4, -0.2) is 16.7 Å². The van der Waals surface area contributed by atoms with Gasteiger partial charge in [-0.2, -0.15) is 4.98 Å². The fraction of sp³-hybridized carbons (Fsp3) is 0.500. The summed E-state index contributed by atoms with van der Waals surface area (Å²) in [5.74, 6) is 0.650. The van der Waals surface area contributed by atoms with Crippen molar-refractivity contribution in [2.75, 3.05) is 11.9 Å². The average Bonchev–Trinajstić information content (AvgIpc) is 2.45.